The Kier molecular flexibility index (Phi) is 7.41. The highest BCUT2D eigenvalue weighted by Gasteiger charge is 2.11. The van der Waals surface area contributed by atoms with Gasteiger partial charge in [-0.2, -0.15) is 0 Å². The van der Waals surface area contributed by atoms with Gasteiger partial charge in [0.05, 0.1) is 0 Å². The van der Waals surface area contributed by atoms with Crippen molar-refractivity contribution in [2.75, 3.05) is 13.1 Å². The highest BCUT2D eigenvalue weighted by atomic mass is 35.5. The van der Waals surface area contributed by atoms with Gasteiger partial charge in [-0.1, -0.05) is 42.6 Å². The Morgan fingerprint density at radius 1 is 1.10 bits per heavy atom. The molecule has 0 saturated carbocycles. The van der Waals surface area contributed by atoms with Gasteiger partial charge in [0.15, 0.2) is 0 Å². The first kappa shape index (κ1) is 16.8. The molecule has 20 heavy (non-hydrogen) atoms. The minimum absolute atomic E-state index is 0.349. The largest absolute Gasteiger partial charge is 0.348 e. The summed E-state index contributed by atoms with van der Waals surface area (Å²) in [6, 6.07) is 5.19. The molecule has 2 amide bonds. The van der Waals surface area contributed by atoms with Crippen LogP contribution in [0.25, 0.3) is 0 Å². The van der Waals surface area contributed by atoms with Crippen LogP contribution >= 0.6 is 23.2 Å². The average molecular weight is 317 g/mol. The lowest BCUT2D eigenvalue weighted by molar-refractivity contribution is -0.139. The van der Waals surface area contributed by atoms with E-state index in [0.717, 1.165) is 18.4 Å². The Bertz CT molecular complexity index is 478. The Morgan fingerprint density at radius 2 is 1.75 bits per heavy atom. The lowest BCUT2D eigenvalue weighted by Gasteiger charge is -2.07. The molecule has 1 aromatic rings. The fraction of sp³-hybridized carbons (Fsp3) is 0.429. The van der Waals surface area contributed by atoms with Gasteiger partial charge in [0, 0.05) is 23.1 Å². The first-order chi connectivity index (χ1) is 9.54. The molecule has 1 rings (SSSR count). The molecule has 0 bridgehead atoms. The molecular weight excluding hydrogens is 299 g/mol. The van der Waals surface area contributed by atoms with Crippen LogP contribution < -0.4 is 10.6 Å². The van der Waals surface area contributed by atoms with Crippen molar-refractivity contribution in [2.45, 2.75) is 26.2 Å². The minimum atomic E-state index is -0.619. The number of hydrogen-bond donors (Lipinski definition) is 2. The van der Waals surface area contributed by atoms with Crippen molar-refractivity contribution in [1.29, 1.82) is 0 Å². The minimum Gasteiger partial charge on any atom is -0.348 e. The third kappa shape index (κ3) is 5.80. The number of nitrogens with one attached hydrogen (secondary N) is 2. The lowest BCUT2D eigenvalue weighted by atomic mass is 10.1. The molecule has 0 atom stereocenters. The molecule has 0 fully saturated rings. The van der Waals surface area contributed by atoms with Crippen LogP contribution in [0.15, 0.2) is 18.2 Å². The molecule has 0 saturated heterocycles. The third-order valence-electron chi connectivity index (χ3n) is 2.72. The van der Waals surface area contributed by atoms with Gasteiger partial charge >= 0.3 is 11.8 Å². The van der Waals surface area contributed by atoms with E-state index in [1.165, 1.54) is 0 Å². The summed E-state index contributed by atoms with van der Waals surface area (Å²) in [5, 5.41) is 6.24. The highest BCUT2D eigenvalue weighted by molar-refractivity contribution is 6.35. The SMILES string of the molecule is CCCCNC(=O)C(=O)NCCc1ccc(Cl)cc1Cl. The first-order valence-corrected chi connectivity index (χ1v) is 7.30. The topological polar surface area (TPSA) is 58.2 Å². The molecule has 0 aromatic heterocycles. The average Bonchev–Trinajstić information content (AvgIpc) is 2.41. The molecule has 0 aliphatic carbocycles. The number of rotatable bonds is 6. The zero-order valence-electron chi connectivity index (χ0n) is 11.3. The van der Waals surface area contributed by atoms with Crippen molar-refractivity contribution >= 4 is 35.0 Å². The van der Waals surface area contributed by atoms with Gasteiger partial charge in [-0.3, -0.25) is 9.59 Å². The van der Waals surface area contributed by atoms with Crippen molar-refractivity contribution in [2.24, 2.45) is 0 Å². The molecule has 0 aliphatic heterocycles. The molecule has 0 unspecified atom stereocenters. The Hall–Kier alpha value is -1.26. The molecule has 2 N–H and O–H groups in total. The molecule has 0 radical (unpaired) electrons. The van der Waals surface area contributed by atoms with Crippen molar-refractivity contribution < 1.29 is 9.59 Å². The predicted molar refractivity (Wildman–Crippen MR) is 81.1 cm³/mol. The highest BCUT2D eigenvalue weighted by Crippen LogP contribution is 2.20. The fourth-order valence-electron chi connectivity index (χ4n) is 1.57. The van der Waals surface area contributed by atoms with Crippen LogP contribution in [0.2, 0.25) is 10.0 Å². The second kappa shape index (κ2) is 8.82. The number of hydrogen-bond acceptors (Lipinski definition) is 2. The second-order valence-corrected chi connectivity index (χ2v) is 5.19. The van der Waals surface area contributed by atoms with Crippen LogP contribution in [-0.2, 0) is 16.0 Å². The fourth-order valence-corrected chi connectivity index (χ4v) is 2.08. The van der Waals surface area contributed by atoms with Crippen LogP contribution in [-0.4, -0.2) is 24.9 Å². The number of carbonyl (C=O) groups excluding carboxylic acids is 2. The van der Waals surface area contributed by atoms with Crippen LogP contribution in [0.1, 0.15) is 25.3 Å². The molecule has 0 aliphatic rings. The molecular formula is C14H18Cl2N2O2. The van der Waals surface area contributed by atoms with Gasteiger partial charge in [0.1, 0.15) is 0 Å². The Labute approximate surface area is 128 Å². The normalized spacial score (nSPS) is 10.2. The number of unbranched alkanes of at least 4 members (excludes halogenated alkanes) is 1. The summed E-state index contributed by atoms with van der Waals surface area (Å²) in [6.07, 6.45) is 2.38. The van der Waals surface area contributed by atoms with Gasteiger partial charge in [-0.05, 0) is 30.5 Å². The number of amides is 2. The summed E-state index contributed by atoms with van der Waals surface area (Å²) in [5.74, 6) is -1.22. The maximum atomic E-state index is 11.5. The van der Waals surface area contributed by atoms with E-state index in [2.05, 4.69) is 10.6 Å². The van der Waals surface area contributed by atoms with E-state index in [4.69, 9.17) is 23.2 Å². The molecule has 110 valence electrons. The zero-order valence-corrected chi connectivity index (χ0v) is 12.9. The maximum absolute atomic E-state index is 11.5. The van der Waals surface area contributed by atoms with Gasteiger partial charge < -0.3 is 10.6 Å². The van der Waals surface area contributed by atoms with Gasteiger partial charge in [-0.25, -0.2) is 0 Å². The van der Waals surface area contributed by atoms with Crippen molar-refractivity contribution in [1.82, 2.24) is 10.6 Å². The Morgan fingerprint density at radius 3 is 2.35 bits per heavy atom. The molecule has 1 aromatic carbocycles. The van der Waals surface area contributed by atoms with Crippen LogP contribution in [0.5, 0.6) is 0 Å². The van der Waals surface area contributed by atoms with Crippen LogP contribution in [0, 0.1) is 0 Å². The van der Waals surface area contributed by atoms with E-state index < -0.39 is 11.8 Å². The molecule has 0 spiro atoms. The number of carbonyl (C=O) groups is 2. The summed E-state index contributed by atoms with van der Waals surface area (Å²) in [5.41, 5.74) is 0.878. The lowest BCUT2D eigenvalue weighted by Crippen LogP contribution is -2.40. The standard InChI is InChI=1S/C14H18Cl2N2O2/c1-2-3-7-17-13(19)14(20)18-8-6-10-4-5-11(15)9-12(10)16/h4-5,9H,2-3,6-8H2,1H3,(H,17,19)(H,18,20). The van der Waals surface area contributed by atoms with Crippen molar-refractivity contribution in [3.05, 3.63) is 33.8 Å². The smallest absolute Gasteiger partial charge is 0.309 e. The quantitative estimate of drug-likeness (QED) is 0.626. The summed E-state index contributed by atoms with van der Waals surface area (Å²) in [7, 11) is 0. The molecule has 4 nitrogen and oxygen atoms in total. The van der Waals surface area contributed by atoms with Crippen LogP contribution in [0.4, 0.5) is 0 Å². The summed E-state index contributed by atoms with van der Waals surface area (Å²) in [4.78, 5) is 22.9. The van der Waals surface area contributed by atoms with Crippen molar-refractivity contribution in [3.8, 4) is 0 Å². The summed E-state index contributed by atoms with van der Waals surface area (Å²) in [6.45, 7) is 2.88. The summed E-state index contributed by atoms with van der Waals surface area (Å²) >= 11 is 11.8. The van der Waals surface area contributed by atoms with Gasteiger partial charge in [0.25, 0.3) is 0 Å². The van der Waals surface area contributed by atoms with Gasteiger partial charge in [0.2, 0.25) is 0 Å². The van der Waals surface area contributed by atoms with Crippen molar-refractivity contribution in [3.63, 3.8) is 0 Å². The van der Waals surface area contributed by atoms with E-state index in [0.29, 0.717) is 29.6 Å². The van der Waals surface area contributed by atoms with E-state index in [1.807, 2.05) is 6.92 Å². The first-order valence-electron chi connectivity index (χ1n) is 6.54. The van der Waals surface area contributed by atoms with E-state index >= 15 is 0 Å². The Balaban J connectivity index is 2.32. The number of halogens is 2. The van der Waals surface area contributed by atoms with E-state index in [9.17, 15) is 9.59 Å². The predicted octanol–water partition coefficient (Wildman–Crippen LogP) is 2.57. The zero-order chi connectivity index (χ0) is 15.0. The summed E-state index contributed by atoms with van der Waals surface area (Å²) < 4.78 is 0. The van der Waals surface area contributed by atoms with E-state index in [1.54, 1.807) is 18.2 Å². The van der Waals surface area contributed by atoms with E-state index in [-0.39, 0.29) is 0 Å². The third-order valence-corrected chi connectivity index (χ3v) is 3.30. The number of benzene rings is 1. The monoisotopic (exact) mass is 316 g/mol. The second-order valence-electron chi connectivity index (χ2n) is 4.35. The molecule has 0 heterocycles. The maximum Gasteiger partial charge on any atom is 0.309 e. The van der Waals surface area contributed by atoms with Gasteiger partial charge in [-0.15, -0.1) is 0 Å². The molecule has 6 heteroatoms. The van der Waals surface area contributed by atoms with Crippen LogP contribution in [0.3, 0.4) is 0 Å².